The number of hydrogen-bond donors (Lipinski definition) is 1. The molecule has 0 saturated carbocycles. The van der Waals surface area contributed by atoms with Crippen molar-refractivity contribution >= 4 is 17.3 Å². The van der Waals surface area contributed by atoms with Gasteiger partial charge in [0, 0.05) is 6.07 Å². The predicted molar refractivity (Wildman–Crippen MR) is 69.4 cm³/mol. The standard InChI is InChI=1S/C13H9F3O4S/c1-19-12(18)11-4-8(6-21-11)7-2-9(17)5-10(3-7)20-13(14,15)16/h2-6,17H,1H3. The smallest absolute Gasteiger partial charge is 0.508 e. The number of methoxy groups -OCH3 is 1. The summed E-state index contributed by atoms with van der Waals surface area (Å²) in [5.41, 5.74) is 0.768. The van der Waals surface area contributed by atoms with Crippen LogP contribution in [0.3, 0.4) is 0 Å². The van der Waals surface area contributed by atoms with Gasteiger partial charge in [0.15, 0.2) is 0 Å². The van der Waals surface area contributed by atoms with Gasteiger partial charge in [0.25, 0.3) is 0 Å². The van der Waals surface area contributed by atoms with E-state index < -0.39 is 18.1 Å². The van der Waals surface area contributed by atoms with Crippen molar-refractivity contribution in [2.24, 2.45) is 0 Å². The summed E-state index contributed by atoms with van der Waals surface area (Å²) < 4.78 is 44.9. The largest absolute Gasteiger partial charge is 0.573 e. The summed E-state index contributed by atoms with van der Waals surface area (Å²) in [5.74, 6) is -1.46. The number of benzene rings is 1. The number of esters is 1. The Bertz CT molecular complexity index is 664. The molecule has 0 aliphatic rings. The van der Waals surface area contributed by atoms with Crippen LogP contribution in [0.2, 0.25) is 0 Å². The highest BCUT2D eigenvalue weighted by Crippen LogP contribution is 2.34. The van der Waals surface area contributed by atoms with Gasteiger partial charge in [-0.15, -0.1) is 24.5 Å². The monoisotopic (exact) mass is 318 g/mol. The van der Waals surface area contributed by atoms with Gasteiger partial charge in [0.05, 0.1) is 7.11 Å². The molecule has 4 nitrogen and oxygen atoms in total. The lowest BCUT2D eigenvalue weighted by Crippen LogP contribution is -2.17. The molecule has 0 atom stereocenters. The number of alkyl halides is 3. The van der Waals surface area contributed by atoms with Gasteiger partial charge in [-0.05, 0) is 34.7 Å². The van der Waals surface area contributed by atoms with Gasteiger partial charge in [-0.2, -0.15) is 0 Å². The van der Waals surface area contributed by atoms with E-state index in [1.165, 1.54) is 19.2 Å². The molecule has 21 heavy (non-hydrogen) atoms. The first-order valence-electron chi connectivity index (χ1n) is 5.55. The lowest BCUT2D eigenvalue weighted by Gasteiger charge is -2.10. The van der Waals surface area contributed by atoms with E-state index in [4.69, 9.17) is 0 Å². The van der Waals surface area contributed by atoms with Crippen LogP contribution in [0.15, 0.2) is 29.6 Å². The first kappa shape index (κ1) is 15.2. The van der Waals surface area contributed by atoms with Crippen molar-refractivity contribution in [1.82, 2.24) is 0 Å². The molecule has 8 heteroatoms. The molecule has 0 fully saturated rings. The van der Waals surface area contributed by atoms with Gasteiger partial charge in [0.1, 0.15) is 16.4 Å². The Labute approximate surface area is 121 Å². The number of carbonyl (C=O) groups excluding carboxylic acids is 1. The Morgan fingerprint density at radius 3 is 2.52 bits per heavy atom. The zero-order chi connectivity index (χ0) is 15.6. The summed E-state index contributed by atoms with van der Waals surface area (Å²) in [6.45, 7) is 0. The molecular weight excluding hydrogens is 309 g/mol. The molecule has 2 aromatic rings. The third-order valence-electron chi connectivity index (χ3n) is 2.44. The maximum absolute atomic E-state index is 12.2. The Morgan fingerprint density at radius 2 is 1.90 bits per heavy atom. The number of halogens is 3. The van der Waals surface area contributed by atoms with Crippen LogP contribution in [-0.4, -0.2) is 24.5 Å². The molecule has 0 radical (unpaired) electrons. The molecule has 2 rings (SSSR count). The van der Waals surface area contributed by atoms with Crippen LogP contribution in [0.5, 0.6) is 11.5 Å². The number of aromatic hydroxyl groups is 1. The fraction of sp³-hybridized carbons (Fsp3) is 0.154. The highest BCUT2D eigenvalue weighted by atomic mass is 32.1. The van der Waals surface area contributed by atoms with E-state index in [9.17, 15) is 23.1 Å². The van der Waals surface area contributed by atoms with Gasteiger partial charge in [-0.3, -0.25) is 0 Å². The number of hydrogen-bond acceptors (Lipinski definition) is 5. The van der Waals surface area contributed by atoms with Gasteiger partial charge in [-0.25, -0.2) is 4.79 Å². The third-order valence-corrected chi connectivity index (χ3v) is 3.35. The van der Waals surface area contributed by atoms with Crippen molar-refractivity contribution in [1.29, 1.82) is 0 Å². The van der Waals surface area contributed by atoms with E-state index in [-0.39, 0.29) is 5.75 Å². The topological polar surface area (TPSA) is 55.8 Å². The second kappa shape index (κ2) is 5.65. The Balaban J connectivity index is 2.35. The van der Waals surface area contributed by atoms with Crippen molar-refractivity contribution < 1.29 is 32.5 Å². The minimum Gasteiger partial charge on any atom is -0.508 e. The summed E-state index contributed by atoms with van der Waals surface area (Å²) in [6, 6.07) is 4.70. The van der Waals surface area contributed by atoms with Crippen molar-refractivity contribution in [2.75, 3.05) is 7.11 Å². The molecule has 0 saturated heterocycles. The SMILES string of the molecule is COC(=O)c1cc(-c2cc(O)cc(OC(F)(F)F)c2)cs1. The minimum absolute atomic E-state index is 0.292. The van der Waals surface area contributed by atoms with Crippen LogP contribution in [0.1, 0.15) is 9.67 Å². The Kier molecular flexibility index (Phi) is 4.08. The van der Waals surface area contributed by atoms with Crippen molar-refractivity contribution in [2.45, 2.75) is 6.36 Å². The average Bonchev–Trinajstić information content (AvgIpc) is 2.84. The zero-order valence-electron chi connectivity index (χ0n) is 10.6. The molecule has 0 aliphatic carbocycles. The van der Waals surface area contributed by atoms with Crippen molar-refractivity contribution in [3.63, 3.8) is 0 Å². The van der Waals surface area contributed by atoms with E-state index in [0.717, 1.165) is 23.5 Å². The Morgan fingerprint density at radius 1 is 1.19 bits per heavy atom. The third kappa shape index (κ3) is 3.88. The molecule has 1 aromatic heterocycles. The zero-order valence-corrected chi connectivity index (χ0v) is 11.4. The molecule has 0 bridgehead atoms. The predicted octanol–water partition coefficient (Wildman–Crippen LogP) is 3.81. The van der Waals surface area contributed by atoms with Gasteiger partial charge >= 0.3 is 12.3 Å². The highest BCUT2D eigenvalue weighted by molar-refractivity contribution is 7.12. The highest BCUT2D eigenvalue weighted by Gasteiger charge is 2.31. The van der Waals surface area contributed by atoms with Crippen LogP contribution >= 0.6 is 11.3 Å². The molecular formula is C13H9F3O4S. The molecule has 0 spiro atoms. The molecule has 0 aliphatic heterocycles. The molecule has 0 unspecified atom stereocenters. The molecule has 1 heterocycles. The number of phenolic OH excluding ortho intramolecular Hbond substituents is 1. The van der Waals surface area contributed by atoms with Crippen molar-refractivity contribution in [3.8, 4) is 22.6 Å². The second-order valence-electron chi connectivity index (χ2n) is 3.95. The van der Waals surface area contributed by atoms with Gasteiger partial charge < -0.3 is 14.6 Å². The summed E-state index contributed by atoms with van der Waals surface area (Å²) >= 11 is 1.08. The number of ether oxygens (including phenoxy) is 2. The fourth-order valence-corrected chi connectivity index (χ4v) is 2.47. The molecule has 112 valence electrons. The average molecular weight is 318 g/mol. The minimum atomic E-state index is -4.85. The quantitative estimate of drug-likeness (QED) is 0.875. The number of rotatable bonds is 3. The molecule has 0 amide bonds. The van der Waals surface area contributed by atoms with E-state index in [1.54, 1.807) is 5.38 Å². The summed E-state index contributed by atoms with van der Waals surface area (Å²) in [4.78, 5) is 11.6. The first-order valence-corrected chi connectivity index (χ1v) is 6.43. The van der Waals surface area contributed by atoms with Crippen LogP contribution in [0.4, 0.5) is 13.2 Å². The summed E-state index contributed by atoms with van der Waals surface area (Å²) in [6.07, 6.45) is -4.85. The lowest BCUT2D eigenvalue weighted by molar-refractivity contribution is -0.274. The van der Waals surface area contributed by atoms with Gasteiger partial charge in [0.2, 0.25) is 0 Å². The second-order valence-corrected chi connectivity index (χ2v) is 4.87. The Hall–Kier alpha value is -2.22. The molecule has 1 N–H and O–H groups in total. The summed E-state index contributed by atoms with van der Waals surface area (Å²) in [7, 11) is 1.23. The molecule has 1 aromatic carbocycles. The first-order chi connectivity index (χ1) is 9.78. The number of phenols is 1. The van der Waals surface area contributed by atoms with Crippen LogP contribution in [-0.2, 0) is 4.74 Å². The van der Waals surface area contributed by atoms with Crippen molar-refractivity contribution in [3.05, 3.63) is 34.5 Å². The maximum atomic E-state index is 12.2. The number of thiophene rings is 1. The lowest BCUT2D eigenvalue weighted by atomic mass is 10.1. The van der Waals surface area contributed by atoms with Crippen LogP contribution in [0, 0.1) is 0 Å². The van der Waals surface area contributed by atoms with E-state index in [1.807, 2.05) is 0 Å². The van der Waals surface area contributed by atoms with Crippen LogP contribution < -0.4 is 4.74 Å². The van der Waals surface area contributed by atoms with E-state index >= 15 is 0 Å². The maximum Gasteiger partial charge on any atom is 0.573 e. The summed E-state index contributed by atoms with van der Waals surface area (Å²) in [5, 5.41) is 11.0. The fourth-order valence-electron chi connectivity index (χ4n) is 1.64. The van der Waals surface area contributed by atoms with E-state index in [2.05, 4.69) is 9.47 Å². The van der Waals surface area contributed by atoms with Crippen LogP contribution in [0.25, 0.3) is 11.1 Å². The van der Waals surface area contributed by atoms with E-state index in [0.29, 0.717) is 16.0 Å². The number of carbonyl (C=O) groups is 1. The van der Waals surface area contributed by atoms with Gasteiger partial charge in [-0.1, -0.05) is 0 Å². The normalized spacial score (nSPS) is 11.2.